The Balaban J connectivity index is 1.18. The highest BCUT2D eigenvalue weighted by Gasteiger charge is 2.17. The van der Waals surface area contributed by atoms with Crippen LogP contribution in [0.5, 0.6) is 5.75 Å². The first-order chi connectivity index (χ1) is 17.7. The van der Waals surface area contributed by atoms with Gasteiger partial charge in [-0.3, -0.25) is 4.98 Å². The maximum absolute atomic E-state index is 14.1. The van der Waals surface area contributed by atoms with Crippen LogP contribution in [0.25, 0.3) is 11.1 Å². The summed E-state index contributed by atoms with van der Waals surface area (Å²) in [7, 11) is 0. The number of ether oxygens (including phenoxy) is 1. The van der Waals surface area contributed by atoms with E-state index in [1.54, 1.807) is 18.3 Å². The summed E-state index contributed by atoms with van der Waals surface area (Å²) in [5.74, 6) is 0.189. The Morgan fingerprint density at radius 3 is 2.47 bits per heavy atom. The number of phenols is 1. The van der Waals surface area contributed by atoms with E-state index in [9.17, 15) is 9.50 Å². The Morgan fingerprint density at radius 2 is 1.72 bits per heavy atom. The molecule has 3 N–H and O–H groups in total. The molecule has 0 radical (unpaired) electrons. The molecule has 5 rings (SSSR count). The molecule has 1 fully saturated rings. The van der Waals surface area contributed by atoms with Crippen LogP contribution in [-0.2, 0) is 4.74 Å². The number of hydrogen-bond acceptors (Lipinski definition) is 9. The van der Waals surface area contributed by atoms with Crippen LogP contribution in [0.15, 0.2) is 78.2 Å². The number of hydrogen-bond donors (Lipinski definition) is 3. The van der Waals surface area contributed by atoms with Crippen molar-refractivity contribution >= 4 is 29.4 Å². The summed E-state index contributed by atoms with van der Waals surface area (Å²) < 4.78 is 19.5. The molecule has 1 aliphatic rings. The Hall–Kier alpha value is -4.57. The van der Waals surface area contributed by atoms with Gasteiger partial charge in [-0.1, -0.05) is 30.3 Å². The zero-order valence-corrected chi connectivity index (χ0v) is 19.3. The normalized spacial score (nSPS) is 13.6. The fourth-order valence-electron chi connectivity index (χ4n) is 3.74. The number of aromatic nitrogens is 3. The topological polar surface area (TPSA) is 108 Å². The molecule has 2 aromatic carbocycles. The summed E-state index contributed by atoms with van der Waals surface area (Å²) >= 11 is 0. The summed E-state index contributed by atoms with van der Waals surface area (Å²) in [6, 6.07) is 18.7. The predicted molar refractivity (Wildman–Crippen MR) is 137 cm³/mol. The van der Waals surface area contributed by atoms with Crippen LogP contribution >= 0.6 is 0 Å². The fraction of sp³-hybridized carbons (Fsp3) is 0.154. The van der Waals surface area contributed by atoms with Crippen molar-refractivity contribution in [3.05, 3.63) is 84.6 Å². The molecule has 0 saturated carbocycles. The van der Waals surface area contributed by atoms with E-state index >= 15 is 0 Å². The number of benzene rings is 2. The SMILES string of the molecule is Oc1ccccc1-c1ccc(Nc2ccc(/C=N/Nc3ncc(F)c(N4CCOCC4)n3)nc2)cc1. The molecule has 0 unspecified atom stereocenters. The average molecular weight is 486 g/mol. The standard InChI is InChI=1S/C26H24FN7O2/c27-23-17-29-26(32-25(23)34-11-13-36-14-12-34)33-30-16-20-9-10-21(15-28-20)31-19-7-5-18(6-8-19)22-3-1-2-4-24(22)35/h1-10,15-17,31,35H,11-14H2,(H,29,32,33)/b30-16+. The molecule has 3 heterocycles. The molecule has 182 valence electrons. The molecule has 0 amide bonds. The van der Waals surface area contributed by atoms with Gasteiger partial charge in [-0.25, -0.2) is 14.8 Å². The molecule has 0 atom stereocenters. The van der Waals surface area contributed by atoms with Gasteiger partial charge in [0, 0.05) is 24.3 Å². The number of pyridine rings is 1. The monoisotopic (exact) mass is 485 g/mol. The van der Waals surface area contributed by atoms with Crippen molar-refractivity contribution in [3.63, 3.8) is 0 Å². The van der Waals surface area contributed by atoms with Gasteiger partial charge in [0.15, 0.2) is 11.6 Å². The van der Waals surface area contributed by atoms with Crippen LogP contribution in [0, 0.1) is 5.82 Å². The summed E-state index contributed by atoms with van der Waals surface area (Å²) in [6.07, 6.45) is 4.36. The minimum Gasteiger partial charge on any atom is -0.507 e. The second-order valence-corrected chi connectivity index (χ2v) is 8.03. The van der Waals surface area contributed by atoms with E-state index in [1.807, 2.05) is 53.4 Å². The van der Waals surface area contributed by atoms with E-state index in [2.05, 4.69) is 30.8 Å². The molecule has 36 heavy (non-hydrogen) atoms. The number of phenolic OH excluding ortho intramolecular Hbond substituents is 1. The first-order valence-corrected chi connectivity index (χ1v) is 11.4. The van der Waals surface area contributed by atoms with Crippen molar-refractivity contribution in [1.82, 2.24) is 15.0 Å². The van der Waals surface area contributed by atoms with E-state index in [4.69, 9.17) is 4.74 Å². The molecular weight excluding hydrogens is 461 g/mol. The maximum atomic E-state index is 14.1. The van der Waals surface area contributed by atoms with Gasteiger partial charge < -0.3 is 20.1 Å². The number of anilines is 4. The fourth-order valence-corrected chi connectivity index (χ4v) is 3.74. The highest BCUT2D eigenvalue weighted by atomic mass is 19.1. The summed E-state index contributed by atoms with van der Waals surface area (Å²) in [5.41, 5.74) is 6.77. The first kappa shape index (κ1) is 23.2. The molecule has 4 aromatic rings. The van der Waals surface area contributed by atoms with Crippen molar-refractivity contribution in [2.45, 2.75) is 0 Å². The van der Waals surface area contributed by atoms with Crippen LogP contribution in [0.3, 0.4) is 0 Å². The molecule has 9 nitrogen and oxygen atoms in total. The van der Waals surface area contributed by atoms with Crippen molar-refractivity contribution in [2.75, 3.05) is 41.9 Å². The first-order valence-electron chi connectivity index (χ1n) is 11.4. The van der Waals surface area contributed by atoms with Gasteiger partial charge in [0.05, 0.1) is 43.2 Å². The Bertz CT molecular complexity index is 1340. The lowest BCUT2D eigenvalue weighted by Crippen LogP contribution is -2.37. The highest BCUT2D eigenvalue weighted by Crippen LogP contribution is 2.30. The number of para-hydroxylation sites is 1. The number of morpholine rings is 1. The lowest BCUT2D eigenvalue weighted by molar-refractivity contribution is 0.122. The third kappa shape index (κ3) is 5.56. The molecule has 1 saturated heterocycles. The van der Waals surface area contributed by atoms with E-state index in [1.165, 1.54) is 6.21 Å². The van der Waals surface area contributed by atoms with Gasteiger partial charge in [-0.2, -0.15) is 10.1 Å². The molecule has 0 bridgehead atoms. The third-order valence-corrected chi connectivity index (χ3v) is 5.57. The summed E-state index contributed by atoms with van der Waals surface area (Å²) in [4.78, 5) is 14.4. The third-order valence-electron chi connectivity index (χ3n) is 5.57. The van der Waals surface area contributed by atoms with Crippen molar-refractivity contribution < 1.29 is 14.2 Å². The summed E-state index contributed by atoms with van der Waals surface area (Å²) in [6.45, 7) is 2.21. The quantitative estimate of drug-likeness (QED) is 0.261. The zero-order chi connectivity index (χ0) is 24.7. The zero-order valence-electron chi connectivity index (χ0n) is 19.3. The minimum atomic E-state index is -0.482. The average Bonchev–Trinajstić information content (AvgIpc) is 2.92. The number of aromatic hydroxyl groups is 1. The number of halogens is 1. The molecule has 1 aliphatic heterocycles. The molecule has 2 aromatic heterocycles. The van der Waals surface area contributed by atoms with E-state index in [0.717, 1.165) is 28.7 Å². The Kier molecular flexibility index (Phi) is 6.95. The molecule has 10 heteroatoms. The molecule has 0 spiro atoms. The molecule has 0 aliphatic carbocycles. The van der Waals surface area contributed by atoms with Gasteiger partial charge in [-0.15, -0.1) is 0 Å². The number of nitrogens with zero attached hydrogens (tertiary/aromatic N) is 5. The van der Waals surface area contributed by atoms with E-state index in [0.29, 0.717) is 32.0 Å². The van der Waals surface area contributed by atoms with Crippen molar-refractivity contribution in [3.8, 4) is 16.9 Å². The second kappa shape index (κ2) is 10.8. The Labute approximate surface area is 207 Å². The molecular formula is C26H24FN7O2. The second-order valence-electron chi connectivity index (χ2n) is 8.03. The lowest BCUT2D eigenvalue weighted by atomic mass is 10.0. The van der Waals surface area contributed by atoms with Crippen LogP contribution in [0.1, 0.15) is 5.69 Å². The lowest BCUT2D eigenvalue weighted by Gasteiger charge is -2.27. The number of rotatable bonds is 7. The smallest absolute Gasteiger partial charge is 0.245 e. The maximum Gasteiger partial charge on any atom is 0.245 e. The van der Waals surface area contributed by atoms with Crippen LogP contribution in [0.4, 0.5) is 27.5 Å². The van der Waals surface area contributed by atoms with Gasteiger partial charge in [0.25, 0.3) is 0 Å². The summed E-state index contributed by atoms with van der Waals surface area (Å²) in [5, 5.41) is 17.4. The van der Waals surface area contributed by atoms with E-state index in [-0.39, 0.29) is 17.5 Å². The highest BCUT2D eigenvalue weighted by molar-refractivity contribution is 5.78. The minimum absolute atomic E-state index is 0.194. The van der Waals surface area contributed by atoms with Gasteiger partial charge in [-0.05, 0) is 35.9 Å². The van der Waals surface area contributed by atoms with Crippen molar-refractivity contribution in [2.24, 2.45) is 5.10 Å². The number of hydrazone groups is 1. The number of nitrogens with one attached hydrogen (secondary N) is 2. The van der Waals surface area contributed by atoms with Gasteiger partial charge in [0.2, 0.25) is 5.95 Å². The van der Waals surface area contributed by atoms with E-state index < -0.39 is 5.82 Å². The predicted octanol–water partition coefficient (Wildman–Crippen LogP) is 4.41. The largest absolute Gasteiger partial charge is 0.507 e. The van der Waals surface area contributed by atoms with Gasteiger partial charge >= 0.3 is 0 Å². The van der Waals surface area contributed by atoms with Crippen molar-refractivity contribution in [1.29, 1.82) is 0 Å². The van der Waals surface area contributed by atoms with Gasteiger partial charge in [0.1, 0.15) is 5.75 Å². The van der Waals surface area contributed by atoms with Crippen LogP contribution in [-0.4, -0.2) is 52.6 Å². The Morgan fingerprint density at radius 1 is 0.944 bits per heavy atom. The van der Waals surface area contributed by atoms with Crippen LogP contribution < -0.4 is 15.6 Å². The van der Waals surface area contributed by atoms with Crippen LogP contribution in [0.2, 0.25) is 0 Å².